The molecule has 2 N–H and O–H groups in total. The predicted octanol–water partition coefficient (Wildman–Crippen LogP) is 2.46. The SMILES string of the molecule is CC(=O)c1cc(F)c(NC(C)C)c([N+](=O)[O-])c1O. The number of phenolic OH excluding ortho intramolecular Hbond substituents is 1. The van der Waals surface area contributed by atoms with Crippen LogP contribution in [0.4, 0.5) is 15.8 Å². The maximum Gasteiger partial charge on any atom is 0.337 e. The average molecular weight is 256 g/mol. The minimum Gasteiger partial charge on any atom is -0.502 e. The van der Waals surface area contributed by atoms with E-state index in [1.54, 1.807) is 13.8 Å². The zero-order valence-electron chi connectivity index (χ0n) is 10.2. The number of hydrogen-bond donors (Lipinski definition) is 2. The number of phenols is 1. The van der Waals surface area contributed by atoms with Crippen molar-refractivity contribution in [3.63, 3.8) is 0 Å². The van der Waals surface area contributed by atoms with Gasteiger partial charge in [-0.3, -0.25) is 14.9 Å². The van der Waals surface area contributed by atoms with Gasteiger partial charge in [0.1, 0.15) is 0 Å². The topological polar surface area (TPSA) is 92.5 Å². The first-order valence-corrected chi connectivity index (χ1v) is 5.23. The Kier molecular flexibility index (Phi) is 3.85. The van der Waals surface area contributed by atoms with Gasteiger partial charge in [0.25, 0.3) is 0 Å². The quantitative estimate of drug-likeness (QED) is 0.490. The smallest absolute Gasteiger partial charge is 0.337 e. The van der Waals surface area contributed by atoms with Gasteiger partial charge >= 0.3 is 5.69 Å². The van der Waals surface area contributed by atoms with Crippen molar-refractivity contribution in [2.75, 3.05) is 5.32 Å². The van der Waals surface area contributed by atoms with Crippen LogP contribution in [0.3, 0.4) is 0 Å². The molecule has 0 fully saturated rings. The van der Waals surface area contributed by atoms with Crippen LogP contribution < -0.4 is 5.32 Å². The van der Waals surface area contributed by atoms with Crippen molar-refractivity contribution in [2.45, 2.75) is 26.8 Å². The molecule has 98 valence electrons. The van der Waals surface area contributed by atoms with Crippen LogP contribution in [0.25, 0.3) is 0 Å². The van der Waals surface area contributed by atoms with Crippen molar-refractivity contribution >= 4 is 17.2 Å². The first-order chi connectivity index (χ1) is 8.25. The van der Waals surface area contributed by atoms with Crippen molar-refractivity contribution in [1.82, 2.24) is 0 Å². The van der Waals surface area contributed by atoms with Gasteiger partial charge < -0.3 is 10.4 Å². The number of nitrogens with one attached hydrogen (secondary N) is 1. The van der Waals surface area contributed by atoms with E-state index in [4.69, 9.17) is 0 Å². The number of halogens is 1. The van der Waals surface area contributed by atoms with Crippen molar-refractivity contribution < 1.29 is 19.2 Å². The molecule has 0 unspecified atom stereocenters. The molecule has 0 aliphatic heterocycles. The summed E-state index contributed by atoms with van der Waals surface area (Å²) in [7, 11) is 0. The number of Topliss-reactive ketones (excluding diaryl/α,β-unsaturated/α-hetero) is 1. The van der Waals surface area contributed by atoms with Crippen LogP contribution in [0.1, 0.15) is 31.1 Å². The zero-order valence-corrected chi connectivity index (χ0v) is 10.2. The monoisotopic (exact) mass is 256 g/mol. The first kappa shape index (κ1) is 13.9. The van der Waals surface area contributed by atoms with E-state index in [1.807, 2.05) is 0 Å². The molecule has 1 aromatic rings. The fourth-order valence-corrected chi connectivity index (χ4v) is 1.50. The summed E-state index contributed by atoms with van der Waals surface area (Å²) in [6.07, 6.45) is 0. The molecule has 1 aromatic carbocycles. The highest BCUT2D eigenvalue weighted by Gasteiger charge is 2.28. The highest BCUT2D eigenvalue weighted by Crippen LogP contribution is 2.39. The Labute approximate surface area is 103 Å². The van der Waals surface area contributed by atoms with E-state index < -0.39 is 39.2 Å². The van der Waals surface area contributed by atoms with Crippen LogP contribution in [0.5, 0.6) is 5.75 Å². The summed E-state index contributed by atoms with van der Waals surface area (Å²) in [5.41, 5.74) is -1.65. The van der Waals surface area contributed by atoms with Crippen molar-refractivity contribution in [1.29, 1.82) is 0 Å². The van der Waals surface area contributed by atoms with E-state index in [1.165, 1.54) is 0 Å². The number of aromatic hydroxyl groups is 1. The molecule has 0 heterocycles. The number of hydrogen-bond acceptors (Lipinski definition) is 5. The van der Waals surface area contributed by atoms with Crippen LogP contribution in [0.2, 0.25) is 0 Å². The molecule has 0 amide bonds. The normalized spacial score (nSPS) is 10.5. The van der Waals surface area contributed by atoms with Crippen molar-refractivity contribution in [3.05, 3.63) is 27.6 Å². The third-order valence-corrected chi connectivity index (χ3v) is 2.22. The molecule has 1 rings (SSSR count). The Hall–Kier alpha value is -2.18. The fraction of sp³-hybridized carbons (Fsp3) is 0.364. The third-order valence-electron chi connectivity index (χ3n) is 2.22. The molecule has 0 spiro atoms. The maximum absolute atomic E-state index is 13.7. The van der Waals surface area contributed by atoms with Gasteiger partial charge in [0.15, 0.2) is 17.3 Å². The number of nitro groups is 1. The van der Waals surface area contributed by atoms with E-state index in [0.29, 0.717) is 0 Å². The van der Waals surface area contributed by atoms with Gasteiger partial charge in [-0.05, 0) is 26.8 Å². The molecular weight excluding hydrogens is 243 g/mol. The lowest BCUT2D eigenvalue weighted by molar-refractivity contribution is -0.385. The predicted molar refractivity (Wildman–Crippen MR) is 63.5 cm³/mol. The van der Waals surface area contributed by atoms with Gasteiger partial charge in [0.05, 0.1) is 10.5 Å². The summed E-state index contributed by atoms with van der Waals surface area (Å²) >= 11 is 0. The highest BCUT2D eigenvalue weighted by atomic mass is 19.1. The number of anilines is 1. The lowest BCUT2D eigenvalue weighted by Crippen LogP contribution is -2.14. The van der Waals surface area contributed by atoms with Crippen molar-refractivity contribution in [2.24, 2.45) is 0 Å². The summed E-state index contributed by atoms with van der Waals surface area (Å²) in [5, 5.41) is 23.1. The average Bonchev–Trinajstić information content (AvgIpc) is 2.21. The Morgan fingerprint density at radius 3 is 2.50 bits per heavy atom. The van der Waals surface area contributed by atoms with Gasteiger partial charge in [-0.15, -0.1) is 0 Å². The summed E-state index contributed by atoms with van der Waals surface area (Å²) in [6.45, 7) is 4.42. The van der Waals surface area contributed by atoms with Crippen molar-refractivity contribution in [3.8, 4) is 5.75 Å². The second kappa shape index (κ2) is 4.99. The number of benzene rings is 1. The molecule has 0 aromatic heterocycles. The number of nitrogens with zero attached hydrogens (tertiary/aromatic N) is 1. The van der Waals surface area contributed by atoms with Crippen LogP contribution in [0.15, 0.2) is 6.07 Å². The molecule has 6 nitrogen and oxygen atoms in total. The molecule has 0 saturated heterocycles. The van der Waals surface area contributed by atoms with Crippen LogP contribution >= 0.6 is 0 Å². The molecule has 0 saturated carbocycles. The molecule has 18 heavy (non-hydrogen) atoms. The van der Waals surface area contributed by atoms with Gasteiger partial charge in [-0.2, -0.15) is 0 Å². The van der Waals surface area contributed by atoms with Gasteiger partial charge in [-0.25, -0.2) is 4.39 Å². The molecule has 0 aliphatic rings. The Morgan fingerprint density at radius 2 is 2.11 bits per heavy atom. The summed E-state index contributed by atoms with van der Waals surface area (Å²) in [5.74, 6) is -2.42. The molecular formula is C11H13FN2O4. The summed E-state index contributed by atoms with van der Waals surface area (Å²) < 4.78 is 13.7. The molecule has 0 aliphatic carbocycles. The maximum atomic E-state index is 13.7. The largest absolute Gasteiger partial charge is 0.502 e. The summed E-state index contributed by atoms with van der Waals surface area (Å²) in [4.78, 5) is 21.1. The minimum absolute atomic E-state index is 0.263. The Morgan fingerprint density at radius 1 is 1.56 bits per heavy atom. The lowest BCUT2D eigenvalue weighted by atomic mass is 10.1. The standard InChI is InChI=1S/C11H13FN2O4/c1-5(2)13-9-8(12)4-7(6(3)15)11(16)10(9)14(17)18/h4-5,13,16H,1-3H3. The summed E-state index contributed by atoms with van der Waals surface area (Å²) in [6, 6.07) is 0.524. The number of carbonyl (C=O) groups is 1. The number of carbonyl (C=O) groups excluding carboxylic acids is 1. The van der Waals surface area contributed by atoms with Gasteiger partial charge in [0, 0.05) is 6.04 Å². The third kappa shape index (κ3) is 2.55. The van der Waals surface area contributed by atoms with E-state index in [0.717, 1.165) is 13.0 Å². The molecule has 0 radical (unpaired) electrons. The fourth-order valence-electron chi connectivity index (χ4n) is 1.50. The lowest BCUT2D eigenvalue weighted by Gasteiger charge is -2.13. The van der Waals surface area contributed by atoms with Crippen LogP contribution in [-0.4, -0.2) is 21.9 Å². The van der Waals surface area contributed by atoms with Gasteiger partial charge in [-0.1, -0.05) is 0 Å². The minimum atomic E-state index is -0.946. The highest BCUT2D eigenvalue weighted by molar-refractivity contribution is 5.99. The zero-order chi connectivity index (χ0) is 14.0. The number of nitro benzene ring substituents is 1. The van der Waals surface area contributed by atoms with E-state index >= 15 is 0 Å². The second-order valence-electron chi connectivity index (χ2n) is 4.09. The molecule has 0 bridgehead atoms. The van der Waals surface area contributed by atoms with E-state index in [9.17, 15) is 24.4 Å². The molecule has 0 atom stereocenters. The van der Waals surface area contributed by atoms with Gasteiger partial charge in [0.2, 0.25) is 5.75 Å². The number of ketones is 1. The van der Waals surface area contributed by atoms with Crippen LogP contribution in [-0.2, 0) is 0 Å². The van der Waals surface area contributed by atoms with Crippen LogP contribution in [0, 0.1) is 15.9 Å². The van der Waals surface area contributed by atoms with E-state index in [-0.39, 0.29) is 6.04 Å². The molecule has 7 heteroatoms. The second-order valence-corrected chi connectivity index (χ2v) is 4.09. The Bertz CT molecular complexity index is 514. The first-order valence-electron chi connectivity index (χ1n) is 5.23. The number of rotatable bonds is 4. The Balaban J connectivity index is 3.57. The van der Waals surface area contributed by atoms with E-state index in [2.05, 4.69) is 5.32 Å².